The molecule has 7 heteroatoms. The molecular weight excluding hydrogens is 290 g/mol. The van der Waals surface area contributed by atoms with Crippen molar-refractivity contribution in [3.05, 3.63) is 23.2 Å². The second-order valence-electron chi connectivity index (χ2n) is 5.33. The van der Waals surface area contributed by atoms with Crippen LogP contribution >= 0.6 is 11.6 Å². The second-order valence-corrected chi connectivity index (χ2v) is 5.74. The van der Waals surface area contributed by atoms with Gasteiger partial charge in [-0.15, -0.1) is 5.10 Å². The van der Waals surface area contributed by atoms with E-state index in [4.69, 9.17) is 22.1 Å². The minimum atomic E-state index is 0.525. The SMILES string of the molecule is Nc1cc(-c2nnnn2CCCOCC2CC2)ccc1Cl. The van der Waals surface area contributed by atoms with Gasteiger partial charge in [-0.2, -0.15) is 0 Å². The van der Waals surface area contributed by atoms with E-state index in [0.717, 1.165) is 37.7 Å². The molecule has 0 spiro atoms. The molecule has 0 radical (unpaired) electrons. The highest BCUT2D eigenvalue weighted by atomic mass is 35.5. The van der Waals surface area contributed by atoms with E-state index in [2.05, 4.69) is 15.5 Å². The van der Waals surface area contributed by atoms with Crippen LogP contribution in [0.3, 0.4) is 0 Å². The van der Waals surface area contributed by atoms with Gasteiger partial charge < -0.3 is 10.5 Å². The molecule has 1 fully saturated rings. The third kappa shape index (κ3) is 3.71. The maximum Gasteiger partial charge on any atom is 0.182 e. The minimum Gasteiger partial charge on any atom is -0.398 e. The van der Waals surface area contributed by atoms with Gasteiger partial charge in [0, 0.05) is 25.3 Å². The zero-order valence-corrected chi connectivity index (χ0v) is 12.5. The molecule has 6 nitrogen and oxygen atoms in total. The number of nitrogens with zero attached hydrogens (tertiary/aromatic N) is 4. The summed E-state index contributed by atoms with van der Waals surface area (Å²) in [6.45, 7) is 2.34. The lowest BCUT2D eigenvalue weighted by Gasteiger charge is -2.06. The number of tetrazole rings is 1. The topological polar surface area (TPSA) is 78.9 Å². The van der Waals surface area contributed by atoms with Crippen LogP contribution in [0.15, 0.2) is 18.2 Å². The predicted molar refractivity (Wildman–Crippen MR) is 80.8 cm³/mol. The summed E-state index contributed by atoms with van der Waals surface area (Å²) in [4.78, 5) is 0. The van der Waals surface area contributed by atoms with Crippen molar-refractivity contribution in [2.75, 3.05) is 18.9 Å². The Morgan fingerprint density at radius 2 is 2.24 bits per heavy atom. The van der Waals surface area contributed by atoms with Gasteiger partial charge >= 0.3 is 0 Å². The Hall–Kier alpha value is -1.66. The maximum atomic E-state index is 5.93. The molecule has 0 aliphatic heterocycles. The van der Waals surface area contributed by atoms with Gasteiger partial charge in [0.1, 0.15) is 0 Å². The van der Waals surface area contributed by atoms with E-state index < -0.39 is 0 Å². The smallest absolute Gasteiger partial charge is 0.182 e. The molecule has 0 bridgehead atoms. The van der Waals surface area contributed by atoms with Crippen molar-refractivity contribution in [2.24, 2.45) is 5.92 Å². The normalized spacial score (nSPS) is 14.5. The fraction of sp³-hybridized carbons (Fsp3) is 0.500. The summed E-state index contributed by atoms with van der Waals surface area (Å²) in [5.74, 6) is 1.49. The molecule has 0 saturated heterocycles. The van der Waals surface area contributed by atoms with E-state index in [9.17, 15) is 0 Å². The lowest BCUT2D eigenvalue weighted by Crippen LogP contribution is -2.07. The highest BCUT2D eigenvalue weighted by Gasteiger charge is 2.20. The summed E-state index contributed by atoms with van der Waals surface area (Å²) in [7, 11) is 0. The van der Waals surface area contributed by atoms with E-state index in [0.29, 0.717) is 16.5 Å². The molecular formula is C14H18ClN5O. The maximum absolute atomic E-state index is 5.93. The number of aromatic nitrogens is 4. The van der Waals surface area contributed by atoms with E-state index >= 15 is 0 Å². The Balaban J connectivity index is 1.58. The van der Waals surface area contributed by atoms with Crippen LogP contribution in [0.2, 0.25) is 5.02 Å². The van der Waals surface area contributed by atoms with Gasteiger partial charge in [0.15, 0.2) is 5.82 Å². The van der Waals surface area contributed by atoms with Crippen molar-refractivity contribution in [1.82, 2.24) is 20.2 Å². The predicted octanol–water partition coefficient (Wildman–Crippen LogP) is 2.39. The third-order valence-electron chi connectivity index (χ3n) is 3.50. The number of hydrogen-bond donors (Lipinski definition) is 1. The molecule has 0 amide bonds. The first kappa shape index (κ1) is 14.3. The molecule has 1 aromatic carbocycles. The van der Waals surface area contributed by atoms with Gasteiger partial charge in [0.25, 0.3) is 0 Å². The number of ether oxygens (including phenoxy) is 1. The first-order valence-electron chi connectivity index (χ1n) is 7.13. The quantitative estimate of drug-likeness (QED) is 0.627. The molecule has 2 aromatic rings. The highest BCUT2D eigenvalue weighted by molar-refractivity contribution is 6.33. The molecule has 112 valence electrons. The zero-order chi connectivity index (χ0) is 14.7. The average molecular weight is 308 g/mol. The van der Waals surface area contributed by atoms with Crippen LogP contribution in [0.1, 0.15) is 19.3 Å². The molecule has 1 aliphatic carbocycles. The lowest BCUT2D eigenvalue weighted by atomic mass is 10.2. The number of hydrogen-bond acceptors (Lipinski definition) is 5. The van der Waals surface area contributed by atoms with Crippen molar-refractivity contribution in [3.63, 3.8) is 0 Å². The monoisotopic (exact) mass is 307 g/mol. The standard InChI is InChI=1S/C14H18ClN5O/c15-12-5-4-11(8-13(12)16)14-17-18-19-20(14)6-1-7-21-9-10-2-3-10/h4-5,8,10H,1-3,6-7,9,16H2. The third-order valence-corrected chi connectivity index (χ3v) is 3.84. The molecule has 0 atom stereocenters. The van der Waals surface area contributed by atoms with Gasteiger partial charge in [0.2, 0.25) is 0 Å². The van der Waals surface area contributed by atoms with E-state index in [-0.39, 0.29) is 0 Å². The molecule has 0 unspecified atom stereocenters. The van der Waals surface area contributed by atoms with E-state index in [1.807, 2.05) is 6.07 Å². The van der Waals surface area contributed by atoms with Gasteiger partial charge in [0.05, 0.1) is 10.7 Å². The first-order chi connectivity index (χ1) is 10.2. The number of benzene rings is 1. The number of halogens is 1. The molecule has 2 N–H and O–H groups in total. The number of nitrogens with two attached hydrogens (primary N) is 1. The van der Waals surface area contributed by atoms with Crippen molar-refractivity contribution in [1.29, 1.82) is 0 Å². The number of anilines is 1. The van der Waals surface area contributed by atoms with Crippen LogP contribution in [0, 0.1) is 5.92 Å². The Morgan fingerprint density at radius 1 is 1.38 bits per heavy atom. The van der Waals surface area contributed by atoms with Gasteiger partial charge in [-0.1, -0.05) is 11.6 Å². The number of nitrogen functional groups attached to an aromatic ring is 1. The van der Waals surface area contributed by atoms with Crippen molar-refractivity contribution < 1.29 is 4.74 Å². The van der Waals surface area contributed by atoms with Gasteiger partial charge in [-0.05, 0) is 53.8 Å². The molecule has 1 heterocycles. The fourth-order valence-corrected chi connectivity index (χ4v) is 2.21. The van der Waals surface area contributed by atoms with Crippen molar-refractivity contribution in [2.45, 2.75) is 25.8 Å². The minimum absolute atomic E-state index is 0.525. The molecule has 21 heavy (non-hydrogen) atoms. The lowest BCUT2D eigenvalue weighted by molar-refractivity contribution is 0.118. The largest absolute Gasteiger partial charge is 0.398 e. The average Bonchev–Trinajstić information content (AvgIpc) is 3.18. The van der Waals surface area contributed by atoms with Gasteiger partial charge in [-0.3, -0.25) is 0 Å². The molecule has 1 saturated carbocycles. The molecule has 1 aliphatic rings. The van der Waals surface area contributed by atoms with E-state index in [1.165, 1.54) is 12.8 Å². The summed E-state index contributed by atoms with van der Waals surface area (Å²) in [5, 5.41) is 12.3. The second kappa shape index (κ2) is 6.41. The summed E-state index contributed by atoms with van der Waals surface area (Å²) < 4.78 is 7.38. The Labute approximate surface area is 128 Å². The van der Waals surface area contributed by atoms with Crippen molar-refractivity contribution in [3.8, 4) is 11.4 Å². The van der Waals surface area contributed by atoms with E-state index in [1.54, 1.807) is 16.8 Å². The van der Waals surface area contributed by atoms with Crippen LogP contribution in [0.4, 0.5) is 5.69 Å². The number of rotatable bonds is 7. The van der Waals surface area contributed by atoms with Crippen LogP contribution in [-0.4, -0.2) is 33.4 Å². The van der Waals surface area contributed by atoms with Crippen LogP contribution in [-0.2, 0) is 11.3 Å². The Bertz CT molecular complexity index is 611. The summed E-state index contributed by atoms with van der Waals surface area (Å²) in [6.07, 6.45) is 3.51. The highest BCUT2D eigenvalue weighted by Crippen LogP contribution is 2.28. The first-order valence-corrected chi connectivity index (χ1v) is 7.51. The number of aryl methyl sites for hydroxylation is 1. The Morgan fingerprint density at radius 3 is 3.00 bits per heavy atom. The summed E-state index contributed by atoms with van der Waals surface area (Å²) in [5.41, 5.74) is 7.21. The van der Waals surface area contributed by atoms with Crippen molar-refractivity contribution >= 4 is 17.3 Å². The van der Waals surface area contributed by atoms with Crippen LogP contribution in [0.25, 0.3) is 11.4 Å². The molecule has 1 aromatic heterocycles. The summed E-state index contributed by atoms with van der Waals surface area (Å²) >= 11 is 5.93. The zero-order valence-electron chi connectivity index (χ0n) is 11.7. The molecule has 3 rings (SSSR count). The fourth-order valence-electron chi connectivity index (χ4n) is 2.10. The summed E-state index contributed by atoms with van der Waals surface area (Å²) in [6, 6.07) is 5.41. The Kier molecular flexibility index (Phi) is 4.36. The van der Waals surface area contributed by atoms with Crippen LogP contribution in [0.5, 0.6) is 0 Å². The van der Waals surface area contributed by atoms with Gasteiger partial charge in [-0.25, -0.2) is 4.68 Å². The van der Waals surface area contributed by atoms with Crippen LogP contribution < -0.4 is 5.73 Å².